The van der Waals surface area contributed by atoms with E-state index in [0.717, 1.165) is 26.1 Å². The number of rotatable bonds is 4. The summed E-state index contributed by atoms with van der Waals surface area (Å²) in [6, 6.07) is -1.13. The molecular weight excluding hydrogens is 262 g/mol. The van der Waals surface area contributed by atoms with Gasteiger partial charge in [0.15, 0.2) is 0 Å². The second-order valence-corrected chi connectivity index (χ2v) is 7.31. The second-order valence-electron chi connectivity index (χ2n) is 7.31. The van der Waals surface area contributed by atoms with Crippen LogP contribution in [0, 0.1) is 5.41 Å². The Bertz CT molecular complexity index is 360. The Morgan fingerprint density at radius 1 is 1.25 bits per heavy atom. The number of likely N-dealkylation sites (tertiary alicyclic amines) is 1. The fourth-order valence-corrected chi connectivity index (χ4v) is 3.52. The Kier molecular flexibility index (Phi) is 3.80. The van der Waals surface area contributed by atoms with Crippen molar-refractivity contribution in [3.05, 3.63) is 0 Å². The van der Waals surface area contributed by atoms with E-state index in [1.54, 1.807) is 0 Å². The number of hydrogen-bond acceptors (Lipinski definition) is 3. The maximum absolute atomic E-state index is 13.6. The molecule has 1 aliphatic heterocycles. The Labute approximate surface area is 119 Å². The Balaban J connectivity index is 1.49. The van der Waals surface area contributed by atoms with E-state index in [1.165, 1.54) is 12.8 Å². The molecule has 1 saturated heterocycles. The molecule has 116 valence electrons. The van der Waals surface area contributed by atoms with Crippen molar-refractivity contribution in [3.63, 3.8) is 0 Å². The third-order valence-corrected chi connectivity index (χ3v) is 5.19. The quantitative estimate of drug-likeness (QED) is 0.863. The number of halogens is 2. The van der Waals surface area contributed by atoms with Gasteiger partial charge < -0.3 is 15.4 Å². The summed E-state index contributed by atoms with van der Waals surface area (Å²) < 4.78 is 33.1. The molecule has 0 bridgehead atoms. The van der Waals surface area contributed by atoms with Crippen molar-refractivity contribution in [2.24, 2.45) is 11.1 Å². The average molecular weight is 288 g/mol. The number of ether oxygens (including phenoxy) is 1. The molecule has 2 aliphatic carbocycles. The van der Waals surface area contributed by atoms with Crippen molar-refractivity contribution in [2.75, 3.05) is 19.6 Å². The zero-order valence-electron chi connectivity index (χ0n) is 12.3. The van der Waals surface area contributed by atoms with Gasteiger partial charge in [-0.1, -0.05) is 6.92 Å². The lowest BCUT2D eigenvalue weighted by Gasteiger charge is -2.36. The molecule has 0 unspecified atom stereocenters. The van der Waals surface area contributed by atoms with Crippen LogP contribution in [0.2, 0.25) is 0 Å². The van der Waals surface area contributed by atoms with E-state index >= 15 is 0 Å². The van der Waals surface area contributed by atoms with E-state index < -0.39 is 18.1 Å². The summed E-state index contributed by atoms with van der Waals surface area (Å²) in [5, 5.41) is 0. The Morgan fingerprint density at radius 2 is 2.00 bits per heavy atom. The Morgan fingerprint density at radius 3 is 2.70 bits per heavy atom. The summed E-state index contributed by atoms with van der Waals surface area (Å²) in [7, 11) is 0. The summed E-state index contributed by atoms with van der Waals surface area (Å²) in [5.74, 6) is -2.76. The molecule has 1 heterocycles. The van der Waals surface area contributed by atoms with Crippen molar-refractivity contribution in [1.82, 2.24) is 4.90 Å². The summed E-state index contributed by atoms with van der Waals surface area (Å²) >= 11 is 0. The van der Waals surface area contributed by atoms with Crippen molar-refractivity contribution in [1.29, 1.82) is 0 Å². The van der Waals surface area contributed by atoms with Gasteiger partial charge in [0.2, 0.25) is 0 Å². The zero-order chi connectivity index (χ0) is 14.4. The minimum atomic E-state index is -2.76. The normalized spacial score (nSPS) is 39.9. The molecule has 2 N–H and O–H groups in total. The van der Waals surface area contributed by atoms with E-state index in [0.29, 0.717) is 18.3 Å². The topological polar surface area (TPSA) is 38.5 Å². The van der Waals surface area contributed by atoms with Crippen LogP contribution in [-0.2, 0) is 4.74 Å². The first kappa shape index (κ1) is 14.7. The molecule has 3 aliphatic rings. The molecule has 5 heteroatoms. The van der Waals surface area contributed by atoms with Crippen LogP contribution in [0.5, 0.6) is 0 Å². The van der Waals surface area contributed by atoms with Crippen LogP contribution in [0.4, 0.5) is 8.78 Å². The number of nitrogens with two attached hydrogens (primary N) is 1. The number of hydrogen-bond donors (Lipinski definition) is 1. The summed E-state index contributed by atoms with van der Waals surface area (Å²) in [6.07, 6.45) is 4.28. The highest BCUT2D eigenvalue weighted by Gasteiger charge is 2.46. The first-order valence-corrected chi connectivity index (χ1v) is 7.89. The molecular formula is C15H26F2N2O. The summed E-state index contributed by atoms with van der Waals surface area (Å²) in [6.45, 7) is 5.35. The lowest BCUT2D eigenvalue weighted by molar-refractivity contribution is -0.130. The minimum Gasteiger partial charge on any atom is -0.372 e. The molecule has 0 aromatic heterocycles. The first-order valence-electron chi connectivity index (χ1n) is 7.89. The molecule has 3 nitrogen and oxygen atoms in total. The van der Waals surface area contributed by atoms with Gasteiger partial charge in [0.05, 0.1) is 18.2 Å². The first-order chi connectivity index (χ1) is 9.38. The predicted octanol–water partition coefficient (Wildman–Crippen LogP) is 2.39. The highest BCUT2D eigenvalue weighted by Crippen LogP contribution is 2.46. The van der Waals surface area contributed by atoms with Gasteiger partial charge in [0.1, 0.15) is 0 Å². The van der Waals surface area contributed by atoms with E-state index in [4.69, 9.17) is 10.5 Å². The molecule has 0 aromatic rings. The Hall–Kier alpha value is -0.260. The van der Waals surface area contributed by atoms with E-state index in [1.807, 2.05) is 0 Å². The summed E-state index contributed by atoms with van der Waals surface area (Å²) in [4.78, 5) is 2.42. The summed E-state index contributed by atoms with van der Waals surface area (Å²) in [5.41, 5.74) is 6.20. The molecule has 3 rings (SSSR count). The van der Waals surface area contributed by atoms with Crippen LogP contribution in [0.25, 0.3) is 0 Å². The van der Waals surface area contributed by atoms with Gasteiger partial charge in [-0.05, 0) is 37.5 Å². The van der Waals surface area contributed by atoms with Gasteiger partial charge in [0.25, 0.3) is 5.92 Å². The highest BCUT2D eigenvalue weighted by molar-refractivity contribution is 4.95. The lowest BCUT2D eigenvalue weighted by atomic mass is 9.89. The van der Waals surface area contributed by atoms with E-state index in [-0.39, 0.29) is 12.5 Å². The molecule has 0 aromatic carbocycles. The third-order valence-electron chi connectivity index (χ3n) is 5.19. The maximum Gasteiger partial charge on any atom is 0.265 e. The second kappa shape index (κ2) is 5.18. The van der Waals surface area contributed by atoms with Gasteiger partial charge >= 0.3 is 0 Å². The lowest BCUT2D eigenvalue weighted by Crippen LogP contribution is -2.54. The van der Waals surface area contributed by atoms with Gasteiger partial charge in [-0.25, -0.2) is 8.78 Å². The molecule has 3 atom stereocenters. The van der Waals surface area contributed by atoms with Crippen LogP contribution in [0.1, 0.15) is 45.4 Å². The number of alkyl halides is 2. The molecule has 0 amide bonds. The largest absolute Gasteiger partial charge is 0.372 e. The van der Waals surface area contributed by atoms with Crippen LogP contribution in [0.3, 0.4) is 0 Å². The van der Waals surface area contributed by atoms with Crippen molar-refractivity contribution < 1.29 is 13.5 Å². The molecule has 2 saturated carbocycles. The zero-order valence-corrected chi connectivity index (χ0v) is 12.3. The van der Waals surface area contributed by atoms with E-state index in [9.17, 15) is 8.78 Å². The van der Waals surface area contributed by atoms with Gasteiger partial charge in [-0.2, -0.15) is 0 Å². The van der Waals surface area contributed by atoms with Crippen LogP contribution < -0.4 is 5.73 Å². The average Bonchev–Trinajstić information content (AvgIpc) is 2.93. The fourth-order valence-electron chi connectivity index (χ4n) is 3.52. The minimum absolute atomic E-state index is 0.0855. The van der Waals surface area contributed by atoms with Crippen molar-refractivity contribution in [2.45, 2.75) is 69.6 Å². The van der Waals surface area contributed by atoms with Gasteiger partial charge in [-0.3, -0.25) is 0 Å². The number of nitrogens with zero attached hydrogens (tertiary/aromatic N) is 1. The SMILES string of the molecule is CC1(CN2CC[C@H](O[C@H]3CCCC(F)(F)[C@@H]3N)C2)CC1. The molecule has 3 fully saturated rings. The fraction of sp³-hybridized carbons (Fsp3) is 1.00. The van der Waals surface area contributed by atoms with Crippen molar-refractivity contribution in [3.8, 4) is 0 Å². The standard InChI is InChI=1S/C15H26F2N2O/c1-14(6-7-14)10-19-8-4-11(9-19)20-12-3-2-5-15(16,17)13(12)18/h11-13H,2-10,18H2,1H3/t11-,12-,13+/m0/s1. The van der Waals surface area contributed by atoms with E-state index in [2.05, 4.69) is 11.8 Å². The van der Waals surface area contributed by atoms with Crippen LogP contribution in [0.15, 0.2) is 0 Å². The van der Waals surface area contributed by atoms with Gasteiger partial charge in [-0.15, -0.1) is 0 Å². The molecule has 0 spiro atoms. The monoisotopic (exact) mass is 288 g/mol. The van der Waals surface area contributed by atoms with Crippen LogP contribution >= 0.6 is 0 Å². The maximum atomic E-state index is 13.6. The predicted molar refractivity (Wildman–Crippen MR) is 73.8 cm³/mol. The van der Waals surface area contributed by atoms with Crippen molar-refractivity contribution >= 4 is 0 Å². The third kappa shape index (κ3) is 3.15. The smallest absolute Gasteiger partial charge is 0.265 e. The molecule has 0 radical (unpaired) electrons. The highest BCUT2D eigenvalue weighted by atomic mass is 19.3. The molecule has 20 heavy (non-hydrogen) atoms. The van der Waals surface area contributed by atoms with Crippen LogP contribution in [-0.4, -0.2) is 48.7 Å². The van der Waals surface area contributed by atoms with Gasteiger partial charge in [0, 0.05) is 26.1 Å².